The number of anilines is 2. The van der Waals surface area contributed by atoms with Crippen molar-refractivity contribution in [3.8, 4) is 17.2 Å². The molecule has 7 nitrogen and oxygen atoms in total. The summed E-state index contributed by atoms with van der Waals surface area (Å²) in [7, 11) is 3.16. The topological polar surface area (TPSA) is 74.3 Å². The zero-order valence-electron chi connectivity index (χ0n) is 16.5. The molecule has 7 heteroatoms. The molecule has 0 saturated carbocycles. The van der Waals surface area contributed by atoms with Crippen molar-refractivity contribution < 1.29 is 19.4 Å². The normalized spacial score (nSPS) is 15.8. The predicted molar refractivity (Wildman–Crippen MR) is 110 cm³/mol. The van der Waals surface area contributed by atoms with Crippen molar-refractivity contribution in [3.63, 3.8) is 0 Å². The van der Waals surface area contributed by atoms with Crippen LogP contribution in [0.5, 0.6) is 17.2 Å². The molecule has 3 rings (SSSR count). The zero-order valence-corrected chi connectivity index (χ0v) is 16.5. The molecular formula is C21H27N3O4. The maximum Gasteiger partial charge on any atom is 0.241 e. The smallest absolute Gasteiger partial charge is 0.241 e. The number of amides is 1. The van der Waals surface area contributed by atoms with E-state index in [1.807, 2.05) is 19.1 Å². The van der Waals surface area contributed by atoms with Crippen LogP contribution in [0.3, 0.4) is 0 Å². The standard InChI is InChI=1S/C21H27N3O4/c1-15(21(26)22-16-12-19(27-2)14-20(13-16)28-3)23-8-10-24(11-9-23)17-4-6-18(25)7-5-17/h4-7,12-15,25H,8-11H2,1-3H3,(H,22,26). The van der Waals surface area contributed by atoms with Crippen LogP contribution in [0.4, 0.5) is 11.4 Å². The van der Waals surface area contributed by atoms with Gasteiger partial charge in [0.2, 0.25) is 5.91 Å². The van der Waals surface area contributed by atoms with E-state index in [1.54, 1.807) is 44.6 Å². The minimum Gasteiger partial charge on any atom is -0.508 e. The van der Waals surface area contributed by atoms with Gasteiger partial charge in [-0.3, -0.25) is 9.69 Å². The van der Waals surface area contributed by atoms with Gasteiger partial charge in [0.1, 0.15) is 17.2 Å². The minimum absolute atomic E-state index is 0.0617. The number of nitrogens with zero attached hydrogens (tertiary/aromatic N) is 2. The van der Waals surface area contributed by atoms with Crippen molar-refractivity contribution >= 4 is 17.3 Å². The number of aromatic hydroxyl groups is 1. The number of benzene rings is 2. The van der Waals surface area contributed by atoms with E-state index in [4.69, 9.17) is 9.47 Å². The highest BCUT2D eigenvalue weighted by Crippen LogP contribution is 2.26. The number of nitrogens with one attached hydrogen (secondary N) is 1. The second-order valence-corrected chi connectivity index (χ2v) is 6.81. The van der Waals surface area contributed by atoms with Gasteiger partial charge in [-0.1, -0.05) is 0 Å². The number of hydrogen-bond donors (Lipinski definition) is 2. The third-order valence-electron chi connectivity index (χ3n) is 5.08. The lowest BCUT2D eigenvalue weighted by atomic mass is 10.2. The molecular weight excluding hydrogens is 358 g/mol. The SMILES string of the molecule is COc1cc(NC(=O)C(C)N2CCN(c3ccc(O)cc3)CC2)cc(OC)c1. The third-order valence-corrected chi connectivity index (χ3v) is 5.08. The Balaban J connectivity index is 1.58. The fraction of sp³-hybridized carbons (Fsp3) is 0.381. The molecule has 1 aliphatic heterocycles. The second-order valence-electron chi connectivity index (χ2n) is 6.81. The summed E-state index contributed by atoms with van der Waals surface area (Å²) in [4.78, 5) is 17.2. The monoisotopic (exact) mass is 385 g/mol. The lowest BCUT2D eigenvalue weighted by Gasteiger charge is -2.38. The molecule has 1 heterocycles. The van der Waals surface area contributed by atoms with Crippen LogP contribution in [0.15, 0.2) is 42.5 Å². The molecule has 1 saturated heterocycles. The number of rotatable bonds is 6. The molecule has 28 heavy (non-hydrogen) atoms. The van der Waals surface area contributed by atoms with Crippen LogP contribution in [-0.4, -0.2) is 62.4 Å². The minimum atomic E-state index is -0.251. The Hall–Kier alpha value is -2.93. The lowest BCUT2D eigenvalue weighted by Crippen LogP contribution is -2.52. The van der Waals surface area contributed by atoms with Gasteiger partial charge < -0.3 is 24.8 Å². The molecule has 0 radical (unpaired) electrons. The number of ether oxygens (including phenoxy) is 2. The van der Waals surface area contributed by atoms with Crippen LogP contribution in [0.25, 0.3) is 0 Å². The molecule has 1 unspecified atom stereocenters. The van der Waals surface area contributed by atoms with E-state index in [0.29, 0.717) is 17.2 Å². The molecule has 0 bridgehead atoms. The Labute approximate surface area is 165 Å². The average Bonchev–Trinajstić information content (AvgIpc) is 2.73. The van der Waals surface area contributed by atoms with Crippen LogP contribution >= 0.6 is 0 Å². The van der Waals surface area contributed by atoms with Gasteiger partial charge >= 0.3 is 0 Å². The molecule has 0 spiro atoms. The van der Waals surface area contributed by atoms with Crippen molar-refractivity contribution in [2.75, 3.05) is 50.6 Å². The number of carbonyl (C=O) groups excluding carboxylic acids is 1. The Kier molecular flexibility index (Phi) is 6.26. The van der Waals surface area contributed by atoms with Gasteiger partial charge in [-0.25, -0.2) is 0 Å². The molecule has 2 aromatic carbocycles. The first-order valence-corrected chi connectivity index (χ1v) is 9.32. The van der Waals surface area contributed by atoms with Gasteiger partial charge in [0.05, 0.1) is 20.3 Å². The van der Waals surface area contributed by atoms with E-state index < -0.39 is 0 Å². The molecule has 1 aliphatic rings. The highest BCUT2D eigenvalue weighted by atomic mass is 16.5. The Bertz CT molecular complexity index is 780. The second kappa shape index (κ2) is 8.84. The van der Waals surface area contributed by atoms with Crippen molar-refractivity contribution in [2.45, 2.75) is 13.0 Å². The van der Waals surface area contributed by atoms with Gasteiger partial charge in [-0.15, -0.1) is 0 Å². The largest absolute Gasteiger partial charge is 0.508 e. The molecule has 0 aromatic heterocycles. The quantitative estimate of drug-likeness (QED) is 0.796. The summed E-state index contributed by atoms with van der Waals surface area (Å²) in [6, 6.07) is 12.3. The molecule has 1 atom stereocenters. The summed E-state index contributed by atoms with van der Waals surface area (Å²) >= 11 is 0. The number of phenolic OH excluding ortho intramolecular Hbond substituents is 1. The zero-order chi connectivity index (χ0) is 20.1. The number of hydrogen-bond acceptors (Lipinski definition) is 6. The van der Waals surface area contributed by atoms with Crippen molar-refractivity contribution in [1.82, 2.24) is 4.90 Å². The number of phenols is 1. The summed E-state index contributed by atoms with van der Waals surface area (Å²) in [6.45, 7) is 5.15. The Morgan fingerprint density at radius 1 is 1.00 bits per heavy atom. The van der Waals surface area contributed by atoms with E-state index in [-0.39, 0.29) is 17.7 Å². The fourth-order valence-electron chi connectivity index (χ4n) is 3.32. The van der Waals surface area contributed by atoms with Crippen molar-refractivity contribution in [1.29, 1.82) is 0 Å². The molecule has 0 aliphatic carbocycles. The summed E-state index contributed by atoms with van der Waals surface area (Å²) in [5.41, 5.74) is 1.73. The van der Waals surface area contributed by atoms with Crippen LogP contribution in [-0.2, 0) is 4.79 Å². The van der Waals surface area contributed by atoms with Crippen LogP contribution in [0, 0.1) is 0 Å². The van der Waals surface area contributed by atoms with E-state index in [2.05, 4.69) is 15.1 Å². The van der Waals surface area contributed by atoms with E-state index >= 15 is 0 Å². The summed E-state index contributed by atoms with van der Waals surface area (Å²) < 4.78 is 10.5. The molecule has 1 amide bonds. The average molecular weight is 385 g/mol. The summed E-state index contributed by atoms with van der Waals surface area (Å²) in [6.07, 6.45) is 0. The fourth-order valence-corrected chi connectivity index (χ4v) is 3.32. The van der Waals surface area contributed by atoms with Gasteiger partial charge in [0, 0.05) is 55.8 Å². The number of methoxy groups -OCH3 is 2. The molecule has 2 aromatic rings. The molecule has 150 valence electrons. The maximum absolute atomic E-state index is 12.7. The predicted octanol–water partition coefficient (Wildman–Crippen LogP) is 2.56. The number of carbonyl (C=O) groups is 1. The molecule has 2 N–H and O–H groups in total. The van der Waals surface area contributed by atoms with Crippen LogP contribution in [0.2, 0.25) is 0 Å². The van der Waals surface area contributed by atoms with Gasteiger partial charge in [0.25, 0.3) is 0 Å². The first-order chi connectivity index (χ1) is 13.5. The lowest BCUT2D eigenvalue weighted by molar-refractivity contribution is -0.120. The summed E-state index contributed by atoms with van der Waals surface area (Å²) in [5, 5.41) is 12.4. The van der Waals surface area contributed by atoms with Crippen LogP contribution < -0.4 is 19.7 Å². The van der Waals surface area contributed by atoms with E-state index in [9.17, 15) is 9.90 Å². The van der Waals surface area contributed by atoms with Gasteiger partial charge in [-0.2, -0.15) is 0 Å². The number of piperazine rings is 1. The molecule has 1 fully saturated rings. The van der Waals surface area contributed by atoms with Crippen molar-refractivity contribution in [2.24, 2.45) is 0 Å². The summed E-state index contributed by atoms with van der Waals surface area (Å²) in [5.74, 6) is 1.46. The highest BCUT2D eigenvalue weighted by Gasteiger charge is 2.26. The maximum atomic E-state index is 12.7. The van der Waals surface area contributed by atoms with E-state index in [1.165, 1.54) is 0 Å². The first-order valence-electron chi connectivity index (χ1n) is 9.32. The van der Waals surface area contributed by atoms with Crippen LogP contribution in [0.1, 0.15) is 6.92 Å². The Morgan fingerprint density at radius 2 is 1.57 bits per heavy atom. The van der Waals surface area contributed by atoms with E-state index in [0.717, 1.165) is 31.9 Å². The first kappa shape index (κ1) is 19.8. The van der Waals surface area contributed by atoms with Gasteiger partial charge in [0.15, 0.2) is 0 Å². The Morgan fingerprint density at radius 3 is 2.11 bits per heavy atom. The highest BCUT2D eigenvalue weighted by molar-refractivity contribution is 5.95. The third kappa shape index (κ3) is 4.67. The van der Waals surface area contributed by atoms with Gasteiger partial charge in [-0.05, 0) is 31.2 Å². The van der Waals surface area contributed by atoms with Crippen molar-refractivity contribution in [3.05, 3.63) is 42.5 Å².